The molecule has 2 nitrogen and oxygen atoms in total. The number of aryl methyl sites for hydroxylation is 2. The van der Waals surface area contributed by atoms with Crippen LogP contribution in [0.15, 0.2) is 24.3 Å². The molecule has 0 radical (unpaired) electrons. The molecule has 5 rings (SSSR count). The molecule has 0 saturated carbocycles. The second kappa shape index (κ2) is 5.44. The maximum Gasteiger partial charge on any atom is 0.110 e. The molecule has 2 atom stereocenters. The molecule has 0 unspecified atom stereocenters. The van der Waals surface area contributed by atoms with Gasteiger partial charge in [-0.15, -0.1) is 0 Å². The van der Waals surface area contributed by atoms with Crippen molar-refractivity contribution in [3.63, 3.8) is 0 Å². The molecule has 2 heteroatoms. The fraction of sp³-hybridized carbons (Fsp3) is 0.455. The molecule has 24 heavy (non-hydrogen) atoms. The number of benzene rings is 2. The van der Waals surface area contributed by atoms with Gasteiger partial charge in [0.2, 0.25) is 0 Å². The Labute approximate surface area is 143 Å². The maximum absolute atomic E-state index is 10.7. The zero-order valence-corrected chi connectivity index (χ0v) is 14.0. The second-order valence-corrected chi connectivity index (χ2v) is 7.64. The van der Waals surface area contributed by atoms with Crippen molar-refractivity contribution >= 4 is 0 Å². The molecule has 3 aliphatic rings. The highest BCUT2D eigenvalue weighted by atomic mass is 16.3. The Balaban J connectivity index is 1.85. The summed E-state index contributed by atoms with van der Waals surface area (Å²) in [7, 11) is 0. The third-order valence-corrected chi connectivity index (χ3v) is 6.32. The van der Waals surface area contributed by atoms with Crippen LogP contribution in [-0.2, 0) is 25.7 Å². The van der Waals surface area contributed by atoms with Crippen molar-refractivity contribution < 1.29 is 10.2 Å². The first-order chi connectivity index (χ1) is 11.8. The van der Waals surface area contributed by atoms with Gasteiger partial charge in [-0.1, -0.05) is 24.3 Å². The standard InChI is InChI=1S/C22H24O2/c23-21-17-11-9-13-5-1-3-7-15(13)19(17)20-16-8-4-2-6-14(16)10-12-18(20)22(21)24/h9-12,21-24H,1-8H2/t21-,22-/m1/s1. The van der Waals surface area contributed by atoms with Crippen LogP contribution in [-0.4, -0.2) is 10.2 Å². The van der Waals surface area contributed by atoms with Gasteiger partial charge >= 0.3 is 0 Å². The fourth-order valence-electron chi connectivity index (χ4n) is 5.12. The zero-order valence-electron chi connectivity index (χ0n) is 14.0. The van der Waals surface area contributed by atoms with Crippen molar-refractivity contribution in [3.05, 3.63) is 57.6 Å². The van der Waals surface area contributed by atoms with Crippen LogP contribution in [0.25, 0.3) is 11.1 Å². The van der Waals surface area contributed by atoms with Gasteiger partial charge in [0.1, 0.15) is 12.2 Å². The van der Waals surface area contributed by atoms with Gasteiger partial charge in [0.15, 0.2) is 0 Å². The molecule has 124 valence electrons. The lowest BCUT2D eigenvalue weighted by Gasteiger charge is -2.35. The lowest BCUT2D eigenvalue weighted by Crippen LogP contribution is -2.22. The van der Waals surface area contributed by atoms with Gasteiger partial charge in [0.25, 0.3) is 0 Å². The highest BCUT2D eigenvalue weighted by Gasteiger charge is 2.35. The lowest BCUT2D eigenvalue weighted by molar-refractivity contribution is 0.0156. The molecule has 0 fully saturated rings. The SMILES string of the molecule is O[C@@H]1c2ccc3c(c2-c2c(ccc4c2CCCC4)[C@H]1O)CCCC3. The Morgan fingerprint density at radius 3 is 1.46 bits per heavy atom. The topological polar surface area (TPSA) is 40.5 Å². The van der Waals surface area contributed by atoms with E-state index < -0.39 is 12.2 Å². The fourth-order valence-corrected chi connectivity index (χ4v) is 5.12. The molecule has 2 aromatic carbocycles. The van der Waals surface area contributed by atoms with Gasteiger partial charge in [-0.25, -0.2) is 0 Å². The number of rotatable bonds is 0. The number of aliphatic hydroxyl groups excluding tert-OH is 2. The van der Waals surface area contributed by atoms with Crippen LogP contribution in [0.5, 0.6) is 0 Å². The summed E-state index contributed by atoms with van der Waals surface area (Å²) in [6, 6.07) is 8.50. The molecular formula is C22H24O2. The molecule has 2 aromatic rings. The van der Waals surface area contributed by atoms with E-state index in [1.807, 2.05) is 0 Å². The van der Waals surface area contributed by atoms with E-state index in [0.717, 1.165) is 36.8 Å². The van der Waals surface area contributed by atoms with Crippen molar-refractivity contribution in [1.82, 2.24) is 0 Å². The predicted molar refractivity (Wildman–Crippen MR) is 95.1 cm³/mol. The average molecular weight is 320 g/mol. The number of hydrogen-bond donors (Lipinski definition) is 2. The molecule has 0 spiro atoms. The first-order valence-corrected chi connectivity index (χ1v) is 9.41. The van der Waals surface area contributed by atoms with E-state index in [-0.39, 0.29) is 0 Å². The molecule has 3 aliphatic carbocycles. The predicted octanol–water partition coefficient (Wildman–Crippen LogP) is 4.19. The van der Waals surface area contributed by atoms with Crippen molar-refractivity contribution in [2.75, 3.05) is 0 Å². The molecule has 0 aliphatic heterocycles. The van der Waals surface area contributed by atoms with Crippen molar-refractivity contribution in [2.45, 2.75) is 63.6 Å². The van der Waals surface area contributed by atoms with E-state index in [1.165, 1.54) is 59.1 Å². The van der Waals surface area contributed by atoms with Crippen LogP contribution in [0.2, 0.25) is 0 Å². The van der Waals surface area contributed by atoms with E-state index in [0.29, 0.717) is 0 Å². The molecular weight excluding hydrogens is 296 g/mol. The van der Waals surface area contributed by atoms with E-state index in [2.05, 4.69) is 24.3 Å². The number of fused-ring (bicyclic) bond motifs is 7. The van der Waals surface area contributed by atoms with Gasteiger partial charge in [0.05, 0.1) is 0 Å². The Hall–Kier alpha value is -1.64. The van der Waals surface area contributed by atoms with Crippen molar-refractivity contribution in [3.8, 4) is 11.1 Å². The summed E-state index contributed by atoms with van der Waals surface area (Å²) in [6.07, 6.45) is 7.86. The van der Waals surface area contributed by atoms with E-state index >= 15 is 0 Å². The zero-order chi connectivity index (χ0) is 16.3. The quantitative estimate of drug-likeness (QED) is 0.764. The van der Waals surface area contributed by atoms with Crippen molar-refractivity contribution in [2.24, 2.45) is 0 Å². The normalized spacial score (nSPS) is 24.6. The Morgan fingerprint density at radius 1 is 0.583 bits per heavy atom. The third kappa shape index (κ3) is 1.96. The first kappa shape index (κ1) is 14.7. The monoisotopic (exact) mass is 320 g/mol. The maximum atomic E-state index is 10.7. The Kier molecular flexibility index (Phi) is 3.33. The third-order valence-electron chi connectivity index (χ3n) is 6.32. The van der Waals surface area contributed by atoms with E-state index in [9.17, 15) is 10.2 Å². The van der Waals surface area contributed by atoms with E-state index in [4.69, 9.17) is 0 Å². The van der Waals surface area contributed by atoms with Crippen LogP contribution in [0.3, 0.4) is 0 Å². The van der Waals surface area contributed by atoms with Gasteiger partial charge in [-0.05, 0) is 95.9 Å². The van der Waals surface area contributed by atoms with Crippen LogP contribution in [0, 0.1) is 0 Å². The summed E-state index contributed by atoms with van der Waals surface area (Å²) in [5, 5.41) is 21.5. The van der Waals surface area contributed by atoms with E-state index in [1.54, 1.807) is 0 Å². The van der Waals surface area contributed by atoms with Gasteiger partial charge in [-0.3, -0.25) is 0 Å². The highest BCUT2D eigenvalue weighted by molar-refractivity contribution is 5.82. The first-order valence-electron chi connectivity index (χ1n) is 9.41. The largest absolute Gasteiger partial charge is 0.385 e. The minimum atomic E-state index is -0.804. The van der Waals surface area contributed by atoms with Crippen LogP contribution in [0.1, 0.15) is 71.3 Å². The van der Waals surface area contributed by atoms with Crippen LogP contribution >= 0.6 is 0 Å². The Morgan fingerprint density at radius 2 is 1.00 bits per heavy atom. The summed E-state index contributed by atoms with van der Waals surface area (Å²) in [5.41, 5.74) is 10.2. The number of aliphatic hydroxyl groups is 2. The summed E-state index contributed by atoms with van der Waals surface area (Å²) < 4.78 is 0. The van der Waals surface area contributed by atoms with Gasteiger partial charge in [-0.2, -0.15) is 0 Å². The average Bonchev–Trinajstić information content (AvgIpc) is 2.64. The minimum absolute atomic E-state index is 0.804. The Bertz CT molecular complexity index is 752. The summed E-state index contributed by atoms with van der Waals surface area (Å²) in [6.45, 7) is 0. The van der Waals surface area contributed by atoms with Crippen molar-refractivity contribution in [1.29, 1.82) is 0 Å². The molecule has 0 saturated heterocycles. The smallest absolute Gasteiger partial charge is 0.110 e. The second-order valence-electron chi connectivity index (χ2n) is 7.64. The van der Waals surface area contributed by atoms with Crippen LogP contribution < -0.4 is 0 Å². The molecule has 0 aromatic heterocycles. The van der Waals surface area contributed by atoms with Gasteiger partial charge < -0.3 is 10.2 Å². The number of hydrogen-bond acceptors (Lipinski definition) is 2. The van der Waals surface area contributed by atoms with Gasteiger partial charge in [0, 0.05) is 0 Å². The molecule has 0 amide bonds. The highest BCUT2D eigenvalue weighted by Crippen LogP contribution is 2.50. The summed E-state index contributed by atoms with van der Waals surface area (Å²) in [4.78, 5) is 0. The molecule has 0 bridgehead atoms. The summed E-state index contributed by atoms with van der Waals surface area (Å²) >= 11 is 0. The minimum Gasteiger partial charge on any atom is -0.385 e. The summed E-state index contributed by atoms with van der Waals surface area (Å²) in [5.74, 6) is 0. The molecule has 0 heterocycles. The van der Waals surface area contributed by atoms with Crippen LogP contribution in [0.4, 0.5) is 0 Å². The lowest BCUT2D eigenvalue weighted by atomic mass is 9.72. The molecule has 2 N–H and O–H groups in total.